The van der Waals surface area contributed by atoms with Crippen LogP contribution in [0.25, 0.3) is 16.9 Å². The van der Waals surface area contributed by atoms with Crippen molar-refractivity contribution in [3.8, 4) is 11.3 Å². The highest BCUT2D eigenvalue weighted by molar-refractivity contribution is 6.33. The third kappa shape index (κ3) is 3.12. The van der Waals surface area contributed by atoms with Crippen molar-refractivity contribution in [1.29, 1.82) is 0 Å². The van der Waals surface area contributed by atoms with E-state index < -0.39 is 11.4 Å². The zero-order valence-corrected chi connectivity index (χ0v) is 15.3. The molecule has 0 spiro atoms. The van der Waals surface area contributed by atoms with Gasteiger partial charge in [0.05, 0.1) is 5.02 Å². The summed E-state index contributed by atoms with van der Waals surface area (Å²) >= 11 is 6.27. The van der Waals surface area contributed by atoms with E-state index in [1.54, 1.807) is 11.0 Å². The van der Waals surface area contributed by atoms with Gasteiger partial charge in [-0.1, -0.05) is 17.7 Å². The van der Waals surface area contributed by atoms with Crippen LogP contribution in [-0.2, 0) is 4.79 Å². The molecule has 1 amide bonds. The Kier molecular flexibility index (Phi) is 4.29. The van der Waals surface area contributed by atoms with Crippen LogP contribution in [0.3, 0.4) is 0 Å². The molecule has 6 heteroatoms. The van der Waals surface area contributed by atoms with Crippen LogP contribution in [0.15, 0.2) is 42.6 Å². The van der Waals surface area contributed by atoms with Crippen LogP contribution in [0, 0.1) is 5.82 Å². The van der Waals surface area contributed by atoms with Gasteiger partial charge in [-0.05, 0) is 51.1 Å². The first-order valence-corrected chi connectivity index (χ1v) is 8.31. The lowest BCUT2D eigenvalue weighted by Crippen LogP contribution is -2.45. The van der Waals surface area contributed by atoms with Gasteiger partial charge in [-0.3, -0.25) is 14.1 Å². The number of benzene rings is 1. The van der Waals surface area contributed by atoms with Gasteiger partial charge in [-0.25, -0.2) is 9.37 Å². The molecule has 0 N–H and O–H groups in total. The Morgan fingerprint density at radius 1 is 1.24 bits per heavy atom. The smallest absolute Gasteiger partial charge is 0.225 e. The van der Waals surface area contributed by atoms with Crippen molar-refractivity contribution in [3.05, 3.63) is 53.4 Å². The minimum absolute atomic E-state index is 0.113. The lowest BCUT2D eigenvalue weighted by molar-refractivity contribution is -0.117. The quantitative estimate of drug-likeness (QED) is 0.649. The highest BCUT2D eigenvalue weighted by Gasteiger charge is 2.32. The van der Waals surface area contributed by atoms with Gasteiger partial charge in [0.2, 0.25) is 5.91 Å². The molecule has 0 saturated carbocycles. The minimum Gasteiger partial charge on any atom is -0.291 e. The number of amides is 1. The number of aromatic nitrogens is 2. The number of nitrogens with zero attached hydrogens (tertiary/aromatic N) is 3. The Morgan fingerprint density at radius 3 is 2.56 bits per heavy atom. The number of carbonyl (C=O) groups is 1. The molecule has 0 aliphatic rings. The van der Waals surface area contributed by atoms with Crippen LogP contribution in [0.5, 0.6) is 0 Å². The predicted octanol–water partition coefficient (Wildman–Crippen LogP) is 4.95. The Labute approximate surface area is 150 Å². The average Bonchev–Trinajstić information content (AvgIpc) is 2.85. The Hall–Kier alpha value is -2.40. The first-order valence-electron chi connectivity index (χ1n) is 7.93. The predicted molar refractivity (Wildman–Crippen MR) is 98.5 cm³/mol. The maximum Gasteiger partial charge on any atom is 0.225 e. The van der Waals surface area contributed by atoms with Crippen LogP contribution in [0.2, 0.25) is 5.02 Å². The molecular formula is C19H19ClFN3O. The molecule has 0 unspecified atom stereocenters. The summed E-state index contributed by atoms with van der Waals surface area (Å²) in [4.78, 5) is 18.8. The first kappa shape index (κ1) is 17.4. The van der Waals surface area contributed by atoms with Gasteiger partial charge in [0.25, 0.3) is 0 Å². The molecule has 0 atom stereocenters. The number of imidazole rings is 1. The Morgan fingerprint density at radius 2 is 1.96 bits per heavy atom. The molecule has 25 heavy (non-hydrogen) atoms. The van der Waals surface area contributed by atoms with Crippen molar-refractivity contribution in [2.45, 2.75) is 33.2 Å². The summed E-state index contributed by atoms with van der Waals surface area (Å²) in [5, 5.41) is 0.252. The van der Waals surface area contributed by atoms with Gasteiger partial charge >= 0.3 is 0 Å². The standard InChI is InChI=1S/C19H19ClFN3O/c1-12(25)24(19(2,3)4)18-17(14-9-8-13(21)11-15(14)20)22-16-7-5-6-10-23(16)18/h5-11H,1-4H3. The fourth-order valence-corrected chi connectivity index (χ4v) is 3.25. The number of carbonyl (C=O) groups excluding carboxylic acids is 1. The highest BCUT2D eigenvalue weighted by Crippen LogP contribution is 2.38. The van der Waals surface area contributed by atoms with E-state index in [1.807, 2.05) is 49.6 Å². The van der Waals surface area contributed by atoms with Crippen LogP contribution in [0.4, 0.5) is 10.2 Å². The fourth-order valence-electron chi connectivity index (χ4n) is 3.00. The molecule has 2 aromatic heterocycles. The summed E-state index contributed by atoms with van der Waals surface area (Å²) in [5.41, 5.74) is 1.33. The molecule has 0 fully saturated rings. The number of halogens is 2. The van der Waals surface area contributed by atoms with Crippen molar-refractivity contribution >= 4 is 29.0 Å². The number of anilines is 1. The SMILES string of the molecule is CC(=O)N(c1c(-c2ccc(F)cc2Cl)nc2ccccn12)C(C)(C)C. The summed E-state index contributed by atoms with van der Waals surface area (Å²) in [7, 11) is 0. The molecule has 1 aromatic carbocycles. The molecular weight excluding hydrogens is 341 g/mol. The molecule has 130 valence electrons. The molecule has 0 bridgehead atoms. The lowest BCUT2D eigenvalue weighted by atomic mass is 10.0. The monoisotopic (exact) mass is 359 g/mol. The van der Waals surface area contributed by atoms with E-state index in [0.29, 0.717) is 22.7 Å². The van der Waals surface area contributed by atoms with Gasteiger partial charge in [0.15, 0.2) is 0 Å². The molecule has 0 aliphatic carbocycles. The van der Waals surface area contributed by atoms with Crippen molar-refractivity contribution < 1.29 is 9.18 Å². The maximum absolute atomic E-state index is 13.5. The van der Waals surface area contributed by atoms with E-state index in [1.165, 1.54) is 19.1 Å². The molecule has 0 radical (unpaired) electrons. The van der Waals surface area contributed by atoms with E-state index >= 15 is 0 Å². The number of pyridine rings is 1. The molecule has 4 nitrogen and oxygen atoms in total. The van der Waals surface area contributed by atoms with E-state index in [9.17, 15) is 9.18 Å². The normalized spacial score (nSPS) is 11.8. The van der Waals surface area contributed by atoms with Crippen molar-refractivity contribution in [3.63, 3.8) is 0 Å². The van der Waals surface area contributed by atoms with Crippen molar-refractivity contribution in [2.24, 2.45) is 0 Å². The zero-order valence-electron chi connectivity index (χ0n) is 14.5. The number of fused-ring (bicyclic) bond motifs is 1. The molecule has 3 rings (SSSR count). The second kappa shape index (κ2) is 6.15. The van der Waals surface area contributed by atoms with Crippen molar-refractivity contribution in [2.75, 3.05) is 4.90 Å². The topological polar surface area (TPSA) is 37.6 Å². The van der Waals surface area contributed by atoms with E-state index in [2.05, 4.69) is 4.98 Å². The van der Waals surface area contributed by atoms with Gasteiger partial charge in [0, 0.05) is 24.2 Å². The molecule has 0 aliphatic heterocycles. The van der Waals surface area contributed by atoms with E-state index in [-0.39, 0.29) is 10.9 Å². The van der Waals surface area contributed by atoms with Crippen LogP contribution in [0.1, 0.15) is 27.7 Å². The van der Waals surface area contributed by atoms with Gasteiger partial charge in [0.1, 0.15) is 23.0 Å². The summed E-state index contributed by atoms with van der Waals surface area (Å²) in [5.74, 6) is 0.0834. The van der Waals surface area contributed by atoms with Crippen LogP contribution >= 0.6 is 11.6 Å². The number of hydrogen-bond acceptors (Lipinski definition) is 2. The summed E-state index contributed by atoms with van der Waals surface area (Å²) in [6, 6.07) is 9.77. The second-order valence-electron chi connectivity index (χ2n) is 6.86. The van der Waals surface area contributed by atoms with Crippen LogP contribution in [-0.4, -0.2) is 20.8 Å². The first-order chi connectivity index (χ1) is 11.7. The summed E-state index contributed by atoms with van der Waals surface area (Å²) in [6.07, 6.45) is 1.85. The minimum atomic E-state index is -0.473. The van der Waals surface area contributed by atoms with Gasteiger partial charge in [-0.2, -0.15) is 0 Å². The second-order valence-corrected chi connectivity index (χ2v) is 7.27. The number of rotatable bonds is 2. The van der Waals surface area contributed by atoms with Gasteiger partial charge < -0.3 is 0 Å². The van der Waals surface area contributed by atoms with Crippen LogP contribution < -0.4 is 4.90 Å². The number of hydrogen-bond donors (Lipinski definition) is 0. The van der Waals surface area contributed by atoms with Gasteiger partial charge in [-0.15, -0.1) is 0 Å². The zero-order chi connectivity index (χ0) is 18.4. The summed E-state index contributed by atoms with van der Waals surface area (Å²) in [6.45, 7) is 7.37. The third-order valence-electron chi connectivity index (χ3n) is 3.89. The lowest BCUT2D eigenvalue weighted by Gasteiger charge is -2.35. The molecule has 2 heterocycles. The highest BCUT2D eigenvalue weighted by atomic mass is 35.5. The molecule has 3 aromatic rings. The van der Waals surface area contributed by atoms with E-state index in [4.69, 9.17) is 11.6 Å². The third-order valence-corrected chi connectivity index (χ3v) is 4.20. The van der Waals surface area contributed by atoms with E-state index in [0.717, 1.165) is 0 Å². The molecule has 0 saturated heterocycles. The summed E-state index contributed by atoms with van der Waals surface area (Å²) < 4.78 is 15.3. The Bertz CT molecular complexity index is 959. The maximum atomic E-state index is 13.5. The van der Waals surface area contributed by atoms with Crippen molar-refractivity contribution in [1.82, 2.24) is 9.38 Å². The Balaban J connectivity index is 2.38. The largest absolute Gasteiger partial charge is 0.291 e. The average molecular weight is 360 g/mol. The fraction of sp³-hybridized carbons (Fsp3) is 0.263.